The number of rotatable bonds is 10. The van der Waals surface area contributed by atoms with E-state index >= 15 is 0 Å². The van der Waals surface area contributed by atoms with Gasteiger partial charge in [-0.15, -0.1) is 0 Å². The minimum absolute atomic E-state index is 0.00270. The highest BCUT2D eigenvalue weighted by atomic mass is 32.2. The maximum Gasteiger partial charge on any atom is 0.255 e. The highest BCUT2D eigenvalue weighted by molar-refractivity contribution is 7.89. The number of hydrogen-bond donors (Lipinski definition) is 3. The number of sulfonamides is 1. The van der Waals surface area contributed by atoms with Crippen LogP contribution in [-0.4, -0.2) is 26.0 Å². The van der Waals surface area contributed by atoms with E-state index in [4.69, 9.17) is 0 Å². The Morgan fingerprint density at radius 2 is 1.87 bits per heavy atom. The molecule has 0 saturated heterocycles. The van der Waals surface area contributed by atoms with E-state index in [1.165, 1.54) is 12.1 Å². The van der Waals surface area contributed by atoms with Crippen molar-refractivity contribution in [1.29, 1.82) is 0 Å². The Kier molecular flexibility index (Phi) is 8.43. The quantitative estimate of drug-likeness (QED) is 0.472. The molecule has 164 valence electrons. The molecule has 0 saturated carbocycles. The Balaban J connectivity index is 2.16. The van der Waals surface area contributed by atoms with Gasteiger partial charge < -0.3 is 10.4 Å². The number of phenolic OH excluding ortho intramolecular Hbond substituents is 1. The first-order valence-electron chi connectivity index (χ1n) is 10.4. The van der Waals surface area contributed by atoms with Crippen LogP contribution in [0, 0.1) is 19.8 Å². The zero-order valence-electron chi connectivity index (χ0n) is 18.2. The summed E-state index contributed by atoms with van der Waals surface area (Å²) in [4.78, 5) is 12.7. The highest BCUT2D eigenvalue weighted by Gasteiger charge is 2.19. The Labute approximate surface area is 179 Å². The largest absolute Gasteiger partial charge is 0.505 e. The lowest BCUT2D eigenvalue weighted by Gasteiger charge is -2.16. The van der Waals surface area contributed by atoms with Crippen LogP contribution in [0.3, 0.4) is 0 Å². The van der Waals surface area contributed by atoms with Gasteiger partial charge in [0.15, 0.2) is 0 Å². The van der Waals surface area contributed by atoms with Crippen molar-refractivity contribution in [3.8, 4) is 5.75 Å². The van der Waals surface area contributed by atoms with E-state index in [0.29, 0.717) is 23.7 Å². The SMILES string of the molecule is CCCCC(CC)CNS(=O)(=O)c1cccc(C(=O)Nc2cc(C)cc(C)c2O)c1. The molecule has 0 bridgehead atoms. The number of amides is 1. The number of anilines is 1. The van der Waals surface area contributed by atoms with E-state index in [9.17, 15) is 18.3 Å². The lowest BCUT2D eigenvalue weighted by atomic mass is 10.00. The Morgan fingerprint density at radius 3 is 2.53 bits per heavy atom. The van der Waals surface area contributed by atoms with Gasteiger partial charge in [0.05, 0.1) is 10.6 Å². The molecule has 1 unspecified atom stereocenters. The predicted octanol–water partition coefficient (Wildman–Crippen LogP) is 4.76. The lowest BCUT2D eigenvalue weighted by molar-refractivity contribution is 0.102. The van der Waals surface area contributed by atoms with Crippen LogP contribution in [0.15, 0.2) is 41.3 Å². The topological polar surface area (TPSA) is 95.5 Å². The van der Waals surface area contributed by atoms with Gasteiger partial charge in [0, 0.05) is 12.1 Å². The molecule has 1 atom stereocenters. The van der Waals surface area contributed by atoms with E-state index in [2.05, 4.69) is 23.9 Å². The summed E-state index contributed by atoms with van der Waals surface area (Å²) in [6.07, 6.45) is 4.04. The number of nitrogens with one attached hydrogen (secondary N) is 2. The molecule has 0 aromatic heterocycles. The van der Waals surface area contributed by atoms with Gasteiger partial charge in [0.1, 0.15) is 5.75 Å². The maximum atomic E-state index is 12.7. The van der Waals surface area contributed by atoms with Crippen molar-refractivity contribution >= 4 is 21.6 Å². The second-order valence-electron chi connectivity index (χ2n) is 7.73. The number of hydrogen-bond acceptors (Lipinski definition) is 4. The molecule has 3 N–H and O–H groups in total. The molecule has 0 aliphatic heterocycles. The Morgan fingerprint density at radius 1 is 1.13 bits per heavy atom. The summed E-state index contributed by atoms with van der Waals surface area (Å²) in [5, 5.41) is 12.9. The fourth-order valence-corrected chi connectivity index (χ4v) is 4.47. The molecule has 0 aliphatic carbocycles. The predicted molar refractivity (Wildman–Crippen MR) is 120 cm³/mol. The van der Waals surface area contributed by atoms with Crippen molar-refractivity contribution in [3.63, 3.8) is 0 Å². The summed E-state index contributed by atoms with van der Waals surface area (Å²) in [6.45, 7) is 8.17. The minimum Gasteiger partial charge on any atom is -0.505 e. The molecule has 0 fully saturated rings. The molecule has 2 aromatic rings. The van der Waals surface area contributed by atoms with Crippen LogP contribution in [0.4, 0.5) is 5.69 Å². The fourth-order valence-electron chi connectivity index (χ4n) is 3.31. The zero-order chi connectivity index (χ0) is 22.3. The zero-order valence-corrected chi connectivity index (χ0v) is 19.0. The summed E-state index contributed by atoms with van der Waals surface area (Å²) < 4.78 is 28.1. The summed E-state index contributed by atoms with van der Waals surface area (Å²) in [7, 11) is -3.72. The molecule has 0 aliphatic rings. The molecular weight excluding hydrogens is 400 g/mol. The van der Waals surface area contributed by atoms with Crippen LogP contribution in [-0.2, 0) is 10.0 Å². The number of carbonyl (C=O) groups excluding carboxylic acids is 1. The van der Waals surface area contributed by atoms with Gasteiger partial charge in [0.2, 0.25) is 10.0 Å². The molecule has 6 nitrogen and oxygen atoms in total. The molecule has 2 aromatic carbocycles. The smallest absolute Gasteiger partial charge is 0.255 e. The number of aryl methyl sites for hydroxylation is 2. The average Bonchev–Trinajstić information content (AvgIpc) is 2.71. The summed E-state index contributed by atoms with van der Waals surface area (Å²) in [5.74, 6) is -0.197. The summed E-state index contributed by atoms with van der Waals surface area (Å²) >= 11 is 0. The highest BCUT2D eigenvalue weighted by Crippen LogP contribution is 2.29. The number of carbonyl (C=O) groups is 1. The molecule has 0 spiro atoms. The van der Waals surface area contributed by atoms with Gasteiger partial charge in [-0.3, -0.25) is 4.79 Å². The molecule has 0 radical (unpaired) electrons. The second-order valence-corrected chi connectivity index (χ2v) is 9.50. The van der Waals surface area contributed by atoms with Crippen LogP contribution >= 0.6 is 0 Å². The summed E-state index contributed by atoms with van der Waals surface area (Å²) in [6, 6.07) is 9.39. The van der Waals surface area contributed by atoms with Gasteiger partial charge in [-0.1, -0.05) is 45.2 Å². The third kappa shape index (κ3) is 6.31. The number of unbranched alkanes of at least 4 members (excludes halogenated alkanes) is 1. The monoisotopic (exact) mass is 432 g/mol. The van der Waals surface area contributed by atoms with Crippen molar-refractivity contribution in [2.75, 3.05) is 11.9 Å². The molecule has 2 rings (SSSR count). The van der Waals surface area contributed by atoms with Crippen molar-refractivity contribution in [2.24, 2.45) is 5.92 Å². The molecular formula is C23H32N2O4S. The standard InChI is InChI=1S/C23H32N2O4S/c1-5-7-9-18(6-2)15-24-30(28,29)20-11-8-10-19(14-20)23(27)25-21-13-16(3)12-17(4)22(21)26/h8,10-14,18,24,26H,5-7,9,15H2,1-4H3,(H,25,27). The van der Waals surface area contributed by atoms with Gasteiger partial charge in [-0.25, -0.2) is 13.1 Å². The van der Waals surface area contributed by atoms with Crippen LogP contribution in [0.5, 0.6) is 5.75 Å². The van der Waals surface area contributed by atoms with Gasteiger partial charge in [-0.05, 0) is 61.6 Å². The average molecular weight is 433 g/mol. The van der Waals surface area contributed by atoms with Crippen molar-refractivity contribution in [2.45, 2.75) is 58.3 Å². The molecule has 1 amide bonds. The van der Waals surface area contributed by atoms with Crippen LogP contribution in [0.25, 0.3) is 0 Å². The number of aromatic hydroxyl groups is 1. The summed E-state index contributed by atoms with van der Waals surface area (Å²) in [5.41, 5.74) is 2.05. The first-order valence-corrected chi connectivity index (χ1v) is 11.9. The van der Waals surface area contributed by atoms with Crippen LogP contribution in [0.1, 0.15) is 61.0 Å². The first-order chi connectivity index (χ1) is 14.2. The number of benzene rings is 2. The van der Waals surface area contributed by atoms with E-state index in [1.54, 1.807) is 25.1 Å². The third-order valence-corrected chi connectivity index (χ3v) is 6.63. The van der Waals surface area contributed by atoms with E-state index in [0.717, 1.165) is 31.2 Å². The number of phenols is 1. The fraction of sp³-hybridized carbons (Fsp3) is 0.435. The molecule has 30 heavy (non-hydrogen) atoms. The Bertz CT molecular complexity index is 987. The van der Waals surface area contributed by atoms with Crippen LogP contribution < -0.4 is 10.0 Å². The normalized spacial score (nSPS) is 12.5. The molecule has 0 heterocycles. The maximum absolute atomic E-state index is 12.7. The third-order valence-electron chi connectivity index (χ3n) is 5.20. The van der Waals surface area contributed by atoms with E-state index in [-0.39, 0.29) is 16.2 Å². The van der Waals surface area contributed by atoms with Crippen molar-refractivity contribution in [1.82, 2.24) is 4.72 Å². The van der Waals surface area contributed by atoms with E-state index in [1.807, 2.05) is 13.0 Å². The lowest BCUT2D eigenvalue weighted by Crippen LogP contribution is -2.29. The second kappa shape index (κ2) is 10.6. The van der Waals surface area contributed by atoms with Crippen LogP contribution in [0.2, 0.25) is 0 Å². The first kappa shape index (κ1) is 23.9. The van der Waals surface area contributed by atoms with Gasteiger partial charge >= 0.3 is 0 Å². The van der Waals surface area contributed by atoms with Gasteiger partial charge in [-0.2, -0.15) is 0 Å². The molecule has 7 heteroatoms. The van der Waals surface area contributed by atoms with Gasteiger partial charge in [0.25, 0.3) is 5.91 Å². The van der Waals surface area contributed by atoms with Crippen molar-refractivity contribution in [3.05, 3.63) is 53.1 Å². The van der Waals surface area contributed by atoms with E-state index < -0.39 is 15.9 Å². The van der Waals surface area contributed by atoms with Crippen molar-refractivity contribution < 1.29 is 18.3 Å². The Hall–Kier alpha value is -2.38. The minimum atomic E-state index is -3.72.